The maximum Gasteiger partial charge on any atom is 0.135 e. The average molecular weight is 637 g/mol. The topological polar surface area (TPSA) is 23.0 Å². The first-order valence-corrected chi connectivity index (χ1v) is 17.9. The fraction of sp³-hybridized carbons (Fsp3) is 0.174. The fourth-order valence-electron chi connectivity index (χ4n) is 8.03. The average Bonchev–Trinajstić information content (AvgIpc) is 3.79. The van der Waals surface area contributed by atoms with Gasteiger partial charge < -0.3 is 13.6 Å². The van der Waals surface area contributed by atoms with Crippen molar-refractivity contribution in [2.45, 2.75) is 51.9 Å². The summed E-state index contributed by atoms with van der Waals surface area (Å²) in [6.45, 7) is 6.38. The summed E-state index contributed by atoms with van der Waals surface area (Å²) in [6, 6.07) is 44.5. The fourth-order valence-corrected chi connectivity index (χ4v) is 8.03. The first kappa shape index (κ1) is 29.6. The van der Waals surface area contributed by atoms with E-state index in [-0.39, 0.29) is 0 Å². The highest BCUT2D eigenvalue weighted by atomic mass is 16.3. The monoisotopic (exact) mass is 636 g/mol. The zero-order valence-corrected chi connectivity index (χ0v) is 28.1. The molecule has 240 valence electrons. The van der Waals surface area contributed by atoms with Crippen LogP contribution in [0.1, 0.15) is 51.0 Å². The Labute approximate surface area is 286 Å². The molecular formula is C46H40N2O. The minimum Gasteiger partial charge on any atom is -0.456 e. The smallest absolute Gasteiger partial charge is 0.135 e. The predicted octanol–water partition coefficient (Wildman–Crippen LogP) is 13.5. The van der Waals surface area contributed by atoms with Gasteiger partial charge in [0.15, 0.2) is 0 Å². The van der Waals surface area contributed by atoms with E-state index in [9.17, 15) is 0 Å². The van der Waals surface area contributed by atoms with Gasteiger partial charge in [0.1, 0.15) is 11.2 Å². The van der Waals surface area contributed by atoms with E-state index < -0.39 is 0 Å². The second-order valence-electron chi connectivity index (χ2n) is 13.5. The number of benzene rings is 6. The summed E-state index contributed by atoms with van der Waals surface area (Å²) < 4.78 is 10.8. The SMILES string of the molecule is C=Cn1c2ccccc2c2cc(-c3ccc4c(c3)c3cc(CCCCCCCC)ccc3n4-c3ccc4oc5ccccc5c4c3)ccc21. The molecule has 0 spiro atoms. The van der Waals surface area contributed by atoms with E-state index in [1.165, 1.54) is 98.8 Å². The van der Waals surface area contributed by atoms with E-state index in [1.807, 2.05) is 12.3 Å². The first-order chi connectivity index (χ1) is 24.2. The number of para-hydroxylation sites is 2. The van der Waals surface area contributed by atoms with Crippen molar-refractivity contribution in [1.82, 2.24) is 9.13 Å². The molecule has 3 nitrogen and oxygen atoms in total. The van der Waals surface area contributed by atoms with Crippen molar-refractivity contribution in [3.63, 3.8) is 0 Å². The molecule has 0 radical (unpaired) electrons. The largest absolute Gasteiger partial charge is 0.456 e. The van der Waals surface area contributed by atoms with Gasteiger partial charge in [-0.25, -0.2) is 0 Å². The van der Waals surface area contributed by atoms with Crippen molar-refractivity contribution in [3.05, 3.63) is 133 Å². The molecule has 3 heterocycles. The maximum absolute atomic E-state index is 6.20. The summed E-state index contributed by atoms with van der Waals surface area (Å²) in [7, 11) is 0. The molecule has 3 heteroatoms. The zero-order chi connectivity index (χ0) is 32.9. The maximum atomic E-state index is 6.20. The Morgan fingerprint density at radius 1 is 0.531 bits per heavy atom. The van der Waals surface area contributed by atoms with Crippen LogP contribution in [0.4, 0.5) is 0 Å². The highest BCUT2D eigenvalue weighted by Crippen LogP contribution is 2.39. The van der Waals surface area contributed by atoms with Crippen LogP contribution in [0, 0.1) is 0 Å². The van der Waals surface area contributed by atoms with Gasteiger partial charge in [-0.2, -0.15) is 0 Å². The van der Waals surface area contributed by atoms with E-state index >= 15 is 0 Å². The minimum atomic E-state index is 0.919. The normalized spacial score (nSPS) is 12.0. The molecular weight excluding hydrogens is 597 g/mol. The predicted molar refractivity (Wildman–Crippen MR) is 210 cm³/mol. The summed E-state index contributed by atoms with van der Waals surface area (Å²) in [5, 5.41) is 7.38. The molecule has 0 bridgehead atoms. The highest BCUT2D eigenvalue weighted by molar-refractivity contribution is 6.13. The van der Waals surface area contributed by atoms with Crippen LogP contribution in [0.5, 0.6) is 0 Å². The summed E-state index contributed by atoms with van der Waals surface area (Å²) in [6.07, 6.45) is 10.9. The number of unbranched alkanes of at least 4 members (excludes halogenated alkanes) is 5. The van der Waals surface area contributed by atoms with Crippen molar-refractivity contribution >= 4 is 71.8 Å². The molecule has 0 fully saturated rings. The lowest BCUT2D eigenvalue weighted by molar-refractivity contribution is 0.607. The number of aromatic nitrogens is 2. The summed E-state index contributed by atoms with van der Waals surface area (Å²) in [5.41, 5.74) is 11.7. The van der Waals surface area contributed by atoms with Crippen LogP contribution < -0.4 is 0 Å². The van der Waals surface area contributed by atoms with Gasteiger partial charge in [-0.1, -0.05) is 100 Å². The number of hydrogen-bond donors (Lipinski definition) is 0. The van der Waals surface area contributed by atoms with E-state index in [4.69, 9.17) is 4.42 Å². The Hall–Kier alpha value is -5.54. The van der Waals surface area contributed by atoms with Gasteiger partial charge >= 0.3 is 0 Å². The van der Waals surface area contributed by atoms with Crippen LogP contribution in [0.15, 0.2) is 132 Å². The molecule has 0 N–H and O–H groups in total. The van der Waals surface area contributed by atoms with Crippen molar-refractivity contribution in [2.24, 2.45) is 0 Å². The Bertz CT molecular complexity index is 2680. The van der Waals surface area contributed by atoms with E-state index in [1.54, 1.807) is 0 Å². The molecule has 0 unspecified atom stereocenters. The molecule has 9 aromatic rings. The van der Waals surface area contributed by atoms with Gasteiger partial charge in [-0.05, 0) is 96.3 Å². The molecule has 3 aromatic heterocycles. The Morgan fingerprint density at radius 2 is 1.16 bits per heavy atom. The molecule has 9 rings (SSSR count). The molecule has 49 heavy (non-hydrogen) atoms. The summed E-state index contributed by atoms with van der Waals surface area (Å²) in [4.78, 5) is 0. The lowest BCUT2D eigenvalue weighted by Gasteiger charge is -2.09. The van der Waals surface area contributed by atoms with Crippen molar-refractivity contribution in [2.75, 3.05) is 0 Å². The Morgan fingerprint density at radius 3 is 1.98 bits per heavy atom. The third-order valence-electron chi connectivity index (χ3n) is 10.5. The van der Waals surface area contributed by atoms with Crippen molar-refractivity contribution in [3.8, 4) is 16.8 Å². The second kappa shape index (κ2) is 12.2. The number of aryl methyl sites for hydroxylation is 1. The minimum absolute atomic E-state index is 0.919. The first-order valence-electron chi connectivity index (χ1n) is 17.9. The molecule has 6 aromatic carbocycles. The van der Waals surface area contributed by atoms with Gasteiger partial charge in [0.2, 0.25) is 0 Å². The van der Waals surface area contributed by atoms with E-state index in [2.05, 4.69) is 138 Å². The molecule has 0 aliphatic carbocycles. The van der Waals surface area contributed by atoms with Gasteiger partial charge in [0, 0.05) is 44.2 Å². The van der Waals surface area contributed by atoms with Crippen LogP contribution in [-0.2, 0) is 6.42 Å². The highest BCUT2D eigenvalue weighted by Gasteiger charge is 2.17. The molecule has 0 saturated carbocycles. The Kier molecular flexibility index (Phi) is 7.35. The molecule has 0 amide bonds. The number of rotatable bonds is 10. The lowest BCUT2D eigenvalue weighted by Crippen LogP contribution is -1.94. The van der Waals surface area contributed by atoms with Crippen molar-refractivity contribution < 1.29 is 4.42 Å². The second-order valence-corrected chi connectivity index (χ2v) is 13.5. The molecule has 0 saturated heterocycles. The van der Waals surface area contributed by atoms with Crippen LogP contribution >= 0.6 is 0 Å². The third kappa shape index (κ3) is 4.95. The number of fused-ring (bicyclic) bond motifs is 9. The molecule has 0 aliphatic heterocycles. The zero-order valence-electron chi connectivity index (χ0n) is 28.1. The van der Waals surface area contributed by atoms with Crippen LogP contribution in [0.2, 0.25) is 0 Å². The number of furan rings is 1. The summed E-state index contributed by atoms with van der Waals surface area (Å²) >= 11 is 0. The Balaban J connectivity index is 1.20. The van der Waals surface area contributed by atoms with Gasteiger partial charge in [0.25, 0.3) is 0 Å². The van der Waals surface area contributed by atoms with Crippen LogP contribution in [0.3, 0.4) is 0 Å². The molecule has 0 atom stereocenters. The summed E-state index contributed by atoms with van der Waals surface area (Å²) in [5.74, 6) is 0. The van der Waals surface area contributed by atoms with E-state index in [0.717, 1.165) is 34.0 Å². The van der Waals surface area contributed by atoms with Gasteiger partial charge in [0.05, 0.1) is 22.1 Å². The standard InChI is InChI=1S/C46H40N2O/c1-3-5-6-7-8-9-14-31-19-23-43-37(27-31)39-29-33(32-20-24-42-38(28-32)35-15-10-12-17-41(35)47(42)4-2)21-25-44(39)48(43)34-22-26-46-40(30-34)36-16-11-13-18-45(36)49-46/h4,10-13,15-30H,2-3,5-9,14H2,1H3. The van der Waals surface area contributed by atoms with Gasteiger partial charge in [-0.3, -0.25) is 0 Å². The van der Waals surface area contributed by atoms with E-state index in [0.29, 0.717) is 0 Å². The quantitative estimate of drug-likeness (QED) is 0.137. The van der Waals surface area contributed by atoms with Crippen LogP contribution in [-0.4, -0.2) is 9.13 Å². The third-order valence-corrected chi connectivity index (χ3v) is 10.5. The number of hydrogen-bond acceptors (Lipinski definition) is 1. The molecule has 0 aliphatic rings. The lowest BCUT2D eigenvalue weighted by atomic mass is 9.99. The van der Waals surface area contributed by atoms with Crippen molar-refractivity contribution in [1.29, 1.82) is 0 Å². The van der Waals surface area contributed by atoms with Crippen LogP contribution in [0.25, 0.3) is 88.6 Å². The van der Waals surface area contributed by atoms with Gasteiger partial charge in [-0.15, -0.1) is 0 Å². The number of nitrogens with zero attached hydrogens (tertiary/aromatic N) is 2.